The van der Waals surface area contributed by atoms with Crippen LogP contribution in [0.2, 0.25) is 0 Å². The summed E-state index contributed by atoms with van der Waals surface area (Å²) in [6.07, 6.45) is 1.20. The summed E-state index contributed by atoms with van der Waals surface area (Å²) in [6.45, 7) is 3.92. The minimum Gasteiger partial charge on any atom is -0.496 e. The number of rotatable bonds is 4. The van der Waals surface area contributed by atoms with Gasteiger partial charge < -0.3 is 9.47 Å². The van der Waals surface area contributed by atoms with Crippen molar-refractivity contribution in [3.63, 3.8) is 0 Å². The smallest absolute Gasteiger partial charge is 0.412 e. The molecule has 0 fully saturated rings. The number of aromatic nitrogens is 1. The van der Waals surface area contributed by atoms with E-state index in [1.807, 2.05) is 32.0 Å². The van der Waals surface area contributed by atoms with Crippen molar-refractivity contribution in [2.24, 2.45) is 0 Å². The first-order chi connectivity index (χ1) is 10.1. The highest BCUT2D eigenvalue weighted by Crippen LogP contribution is 2.24. The molecule has 0 unspecified atom stereocenters. The number of aryl methyl sites for hydroxylation is 1. The lowest BCUT2D eigenvalue weighted by molar-refractivity contribution is 0.153. The molecule has 1 amide bonds. The van der Waals surface area contributed by atoms with Crippen LogP contribution in [0.15, 0.2) is 36.5 Å². The van der Waals surface area contributed by atoms with Gasteiger partial charge in [-0.25, -0.2) is 4.79 Å². The molecule has 0 saturated carbocycles. The lowest BCUT2D eigenvalue weighted by Gasteiger charge is -2.12. The fraction of sp³-hybridized carbons (Fsp3) is 0.250. The van der Waals surface area contributed by atoms with Gasteiger partial charge in [0.15, 0.2) is 0 Å². The number of hydrogen-bond acceptors (Lipinski definition) is 4. The minimum atomic E-state index is -0.512. The Balaban J connectivity index is 1.99. The normalized spacial score (nSPS) is 10.0. The van der Waals surface area contributed by atoms with Crippen LogP contribution in [-0.4, -0.2) is 18.2 Å². The molecule has 1 aromatic heterocycles. The van der Waals surface area contributed by atoms with Crippen LogP contribution in [0.1, 0.15) is 16.8 Å². The van der Waals surface area contributed by atoms with Crippen molar-refractivity contribution in [1.29, 1.82) is 0 Å². The second-order valence-electron chi connectivity index (χ2n) is 4.61. The van der Waals surface area contributed by atoms with Crippen molar-refractivity contribution in [3.05, 3.63) is 53.3 Å². The maximum Gasteiger partial charge on any atom is 0.412 e. The highest BCUT2D eigenvalue weighted by atomic mass is 16.5. The summed E-state index contributed by atoms with van der Waals surface area (Å²) >= 11 is 0. The molecule has 5 heteroatoms. The van der Waals surface area contributed by atoms with Gasteiger partial charge in [0.05, 0.1) is 12.8 Å². The van der Waals surface area contributed by atoms with Gasteiger partial charge in [0.25, 0.3) is 0 Å². The molecule has 21 heavy (non-hydrogen) atoms. The summed E-state index contributed by atoms with van der Waals surface area (Å²) in [5.74, 6) is 0.770. The van der Waals surface area contributed by atoms with E-state index in [9.17, 15) is 4.79 Å². The quantitative estimate of drug-likeness (QED) is 0.935. The third-order valence-electron chi connectivity index (χ3n) is 3.11. The molecule has 0 spiro atoms. The Morgan fingerprint density at radius 2 is 1.95 bits per heavy atom. The van der Waals surface area contributed by atoms with Gasteiger partial charge in [-0.3, -0.25) is 10.3 Å². The molecule has 0 radical (unpaired) electrons. The monoisotopic (exact) mass is 286 g/mol. The number of amides is 1. The van der Waals surface area contributed by atoms with E-state index in [1.165, 1.54) is 0 Å². The van der Waals surface area contributed by atoms with Crippen LogP contribution in [0.3, 0.4) is 0 Å². The predicted molar refractivity (Wildman–Crippen MR) is 80.5 cm³/mol. The molecule has 0 atom stereocenters. The standard InChI is InChI=1S/C16H18N2O3/c1-11-9-17-14(12(2)15(11)20-3)10-21-16(19)18-13-7-5-4-6-8-13/h4-9H,10H2,1-3H3,(H,18,19). The molecule has 0 bridgehead atoms. The number of methoxy groups -OCH3 is 1. The van der Waals surface area contributed by atoms with Gasteiger partial charge >= 0.3 is 6.09 Å². The zero-order valence-electron chi connectivity index (χ0n) is 12.3. The largest absolute Gasteiger partial charge is 0.496 e. The van der Waals surface area contributed by atoms with Crippen molar-refractivity contribution < 1.29 is 14.3 Å². The number of nitrogens with one attached hydrogen (secondary N) is 1. The third-order valence-corrected chi connectivity index (χ3v) is 3.11. The molecule has 2 aromatic rings. The van der Waals surface area contributed by atoms with Crippen molar-refractivity contribution in [1.82, 2.24) is 4.98 Å². The number of para-hydroxylation sites is 1. The second kappa shape index (κ2) is 6.74. The Hall–Kier alpha value is -2.56. The lowest BCUT2D eigenvalue weighted by atomic mass is 10.1. The first-order valence-corrected chi connectivity index (χ1v) is 6.59. The fourth-order valence-corrected chi connectivity index (χ4v) is 2.03. The summed E-state index contributed by atoms with van der Waals surface area (Å²) in [4.78, 5) is 16.0. The molecule has 1 N–H and O–H groups in total. The third kappa shape index (κ3) is 3.72. The van der Waals surface area contributed by atoms with Gasteiger partial charge in [-0.05, 0) is 26.0 Å². The Morgan fingerprint density at radius 1 is 1.24 bits per heavy atom. The van der Waals surface area contributed by atoms with Crippen LogP contribution in [0.25, 0.3) is 0 Å². The zero-order chi connectivity index (χ0) is 15.2. The van der Waals surface area contributed by atoms with Crippen LogP contribution in [0, 0.1) is 13.8 Å². The summed E-state index contributed by atoms with van der Waals surface area (Å²) in [6, 6.07) is 9.14. The molecule has 0 aliphatic carbocycles. The van der Waals surface area contributed by atoms with Crippen LogP contribution >= 0.6 is 0 Å². The zero-order valence-corrected chi connectivity index (χ0v) is 12.3. The Bertz CT molecular complexity index is 627. The van der Waals surface area contributed by atoms with E-state index in [2.05, 4.69) is 10.3 Å². The van der Waals surface area contributed by atoms with Crippen LogP contribution in [-0.2, 0) is 11.3 Å². The Kier molecular flexibility index (Phi) is 4.77. The average Bonchev–Trinajstić information content (AvgIpc) is 2.48. The van der Waals surface area contributed by atoms with E-state index in [4.69, 9.17) is 9.47 Å². The topological polar surface area (TPSA) is 60.5 Å². The van der Waals surface area contributed by atoms with Crippen molar-refractivity contribution >= 4 is 11.8 Å². The van der Waals surface area contributed by atoms with Gasteiger partial charge in [-0.1, -0.05) is 18.2 Å². The SMILES string of the molecule is COc1c(C)cnc(COC(=O)Nc2ccccc2)c1C. The van der Waals surface area contributed by atoms with Crippen molar-refractivity contribution in [3.8, 4) is 5.75 Å². The van der Waals surface area contributed by atoms with Crippen LogP contribution < -0.4 is 10.1 Å². The number of benzene rings is 1. The first kappa shape index (κ1) is 14.8. The van der Waals surface area contributed by atoms with Gasteiger partial charge in [-0.2, -0.15) is 0 Å². The van der Waals surface area contributed by atoms with Gasteiger partial charge in [0.2, 0.25) is 0 Å². The van der Waals surface area contributed by atoms with Crippen molar-refractivity contribution in [2.45, 2.75) is 20.5 Å². The molecule has 5 nitrogen and oxygen atoms in total. The number of hydrogen-bond donors (Lipinski definition) is 1. The Morgan fingerprint density at radius 3 is 2.62 bits per heavy atom. The predicted octanol–water partition coefficient (Wildman–Crippen LogP) is 3.46. The minimum absolute atomic E-state index is 0.0984. The van der Waals surface area contributed by atoms with E-state index >= 15 is 0 Å². The maximum absolute atomic E-state index is 11.7. The highest BCUT2D eigenvalue weighted by molar-refractivity contribution is 5.84. The van der Waals surface area contributed by atoms with E-state index in [0.29, 0.717) is 11.4 Å². The van der Waals surface area contributed by atoms with Gasteiger partial charge in [-0.15, -0.1) is 0 Å². The molecular formula is C16H18N2O3. The van der Waals surface area contributed by atoms with E-state index in [0.717, 1.165) is 16.9 Å². The lowest BCUT2D eigenvalue weighted by Crippen LogP contribution is -2.14. The molecule has 0 aliphatic rings. The molecular weight excluding hydrogens is 268 g/mol. The number of pyridine rings is 1. The summed E-state index contributed by atoms with van der Waals surface area (Å²) in [5, 5.41) is 2.65. The molecule has 0 aliphatic heterocycles. The van der Waals surface area contributed by atoms with E-state index in [-0.39, 0.29) is 6.61 Å². The number of nitrogens with zero attached hydrogens (tertiary/aromatic N) is 1. The van der Waals surface area contributed by atoms with Crippen LogP contribution in [0.5, 0.6) is 5.75 Å². The maximum atomic E-state index is 11.7. The summed E-state index contributed by atoms with van der Waals surface area (Å²) < 4.78 is 10.5. The Labute approximate surface area is 123 Å². The highest BCUT2D eigenvalue weighted by Gasteiger charge is 2.11. The molecule has 0 saturated heterocycles. The van der Waals surface area contributed by atoms with Gasteiger partial charge in [0, 0.05) is 23.0 Å². The van der Waals surface area contributed by atoms with Crippen molar-refractivity contribution in [2.75, 3.05) is 12.4 Å². The van der Waals surface area contributed by atoms with E-state index in [1.54, 1.807) is 25.4 Å². The first-order valence-electron chi connectivity index (χ1n) is 6.59. The molecule has 1 heterocycles. The number of ether oxygens (including phenoxy) is 2. The average molecular weight is 286 g/mol. The fourth-order valence-electron chi connectivity index (χ4n) is 2.03. The molecule has 110 valence electrons. The summed E-state index contributed by atoms with van der Waals surface area (Å²) in [7, 11) is 1.61. The molecule has 2 rings (SSSR count). The molecule has 1 aromatic carbocycles. The number of carbonyl (C=O) groups excluding carboxylic acids is 1. The summed E-state index contributed by atoms with van der Waals surface area (Å²) in [5.41, 5.74) is 3.20. The second-order valence-corrected chi connectivity index (χ2v) is 4.61. The van der Waals surface area contributed by atoms with E-state index < -0.39 is 6.09 Å². The van der Waals surface area contributed by atoms with Gasteiger partial charge in [0.1, 0.15) is 12.4 Å². The number of anilines is 1. The number of carbonyl (C=O) groups is 1. The van der Waals surface area contributed by atoms with Crippen LogP contribution in [0.4, 0.5) is 10.5 Å².